The molecule has 0 saturated heterocycles. The molecular weight excluding hydrogens is 315 g/mol. The Morgan fingerprint density at radius 2 is 1.90 bits per heavy atom. The van der Waals surface area contributed by atoms with Crippen LogP contribution in [0.4, 0.5) is 18.0 Å². The third-order valence-electron chi connectivity index (χ3n) is 2.90. The summed E-state index contributed by atoms with van der Waals surface area (Å²) >= 11 is 0. The van der Waals surface area contributed by atoms with Gasteiger partial charge in [-0.1, -0.05) is 20.8 Å². The van der Waals surface area contributed by atoms with Gasteiger partial charge < -0.3 is 19.0 Å². The first kappa shape index (κ1) is 17.6. The molecule has 1 amide bonds. The summed E-state index contributed by atoms with van der Waals surface area (Å²) in [6, 6.07) is -0.852. The molecule has 122 valence electrons. The zero-order chi connectivity index (χ0) is 16.6. The van der Waals surface area contributed by atoms with E-state index in [-0.39, 0.29) is 13.0 Å². The Bertz CT molecular complexity index is 547. The molecule has 0 aromatic heterocycles. The highest BCUT2D eigenvalue weighted by Gasteiger charge is 2.49. The number of halogens is 3. The second-order valence-electron chi connectivity index (χ2n) is 5.64. The van der Waals surface area contributed by atoms with E-state index in [0.29, 0.717) is 0 Å². The normalized spacial score (nSPS) is 21.0. The van der Waals surface area contributed by atoms with Gasteiger partial charge in [-0.15, -0.1) is 0 Å². The van der Waals surface area contributed by atoms with Gasteiger partial charge in [0, 0.05) is 13.0 Å². The smallest absolute Gasteiger partial charge is 0.530 e. The van der Waals surface area contributed by atoms with E-state index in [4.69, 9.17) is 0 Å². The van der Waals surface area contributed by atoms with Crippen molar-refractivity contribution in [1.29, 1.82) is 0 Å². The van der Waals surface area contributed by atoms with Crippen molar-refractivity contribution in [3.8, 4) is 0 Å². The molecule has 0 aliphatic carbocycles. The molecule has 1 aliphatic rings. The molecule has 1 rings (SSSR count). The summed E-state index contributed by atoms with van der Waals surface area (Å²) in [6.45, 7) is 4.77. The lowest BCUT2D eigenvalue weighted by Crippen LogP contribution is -2.53. The first-order valence-corrected chi connectivity index (χ1v) is 7.35. The van der Waals surface area contributed by atoms with Crippen LogP contribution in [0.15, 0.2) is 11.8 Å². The second-order valence-corrected chi connectivity index (χ2v) is 7.17. The summed E-state index contributed by atoms with van der Waals surface area (Å²) in [5, 5.41) is 11.0. The highest BCUT2D eigenvalue weighted by molar-refractivity contribution is 7.87. The number of carboxylic acid groups (broad SMARTS) is 1. The molecule has 0 spiro atoms. The Morgan fingerprint density at radius 3 is 2.29 bits per heavy atom. The summed E-state index contributed by atoms with van der Waals surface area (Å²) in [4.78, 5) is 11.9. The second kappa shape index (κ2) is 5.39. The van der Waals surface area contributed by atoms with Crippen LogP contribution in [-0.2, 0) is 14.3 Å². The minimum atomic E-state index is -5.75. The van der Waals surface area contributed by atoms with E-state index in [9.17, 15) is 31.5 Å². The topological polar surface area (TPSA) is 86.7 Å². The lowest BCUT2D eigenvalue weighted by molar-refractivity contribution is -0.269. The van der Waals surface area contributed by atoms with Gasteiger partial charge in [0.1, 0.15) is 11.9 Å². The van der Waals surface area contributed by atoms with E-state index in [1.165, 1.54) is 0 Å². The van der Waals surface area contributed by atoms with Crippen molar-refractivity contribution < 1.29 is 35.7 Å². The minimum absolute atomic E-state index is 0.205. The van der Waals surface area contributed by atoms with Gasteiger partial charge in [0.2, 0.25) is 0 Å². The molecule has 6 nitrogen and oxygen atoms in total. The SMILES string of the molecule is CC(C)(C)C1C=C(OS(=O)(=O)C(F)(F)F)CCN1C(=O)[O-]. The number of carbonyl (C=O) groups excluding carboxylic acids is 1. The zero-order valence-corrected chi connectivity index (χ0v) is 12.4. The summed E-state index contributed by atoms with van der Waals surface area (Å²) in [5.74, 6) is -0.426. The summed E-state index contributed by atoms with van der Waals surface area (Å²) in [5.41, 5.74) is -6.20. The maximum Gasteiger partial charge on any atom is 0.534 e. The fourth-order valence-electron chi connectivity index (χ4n) is 1.90. The van der Waals surface area contributed by atoms with Crippen molar-refractivity contribution in [1.82, 2.24) is 4.90 Å². The van der Waals surface area contributed by atoms with Gasteiger partial charge in [0.15, 0.2) is 0 Å². The molecule has 0 saturated carbocycles. The monoisotopic (exact) mass is 330 g/mol. The Hall–Kier alpha value is -1.45. The fourth-order valence-corrected chi connectivity index (χ4v) is 2.41. The highest BCUT2D eigenvalue weighted by Crippen LogP contribution is 2.33. The van der Waals surface area contributed by atoms with E-state index >= 15 is 0 Å². The van der Waals surface area contributed by atoms with E-state index in [1.54, 1.807) is 20.8 Å². The van der Waals surface area contributed by atoms with Crippen LogP contribution in [0.3, 0.4) is 0 Å². The van der Waals surface area contributed by atoms with E-state index in [2.05, 4.69) is 4.18 Å². The molecule has 10 heteroatoms. The van der Waals surface area contributed by atoms with Gasteiger partial charge in [-0.3, -0.25) is 0 Å². The number of carbonyl (C=O) groups is 1. The Balaban J connectivity index is 3.09. The standard InChI is InChI=1S/C11H16F3NO5S/c1-10(2,3)8-6-7(4-5-15(8)9(16)17)20-21(18,19)11(12,13)14/h6,8H,4-5H2,1-3H3,(H,16,17)/p-1. The third kappa shape index (κ3) is 4.02. The lowest BCUT2D eigenvalue weighted by atomic mass is 9.83. The molecule has 0 N–H and O–H groups in total. The molecule has 0 radical (unpaired) electrons. The lowest BCUT2D eigenvalue weighted by Gasteiger charge is -2.42. The number of rotatable bonds is 2. The molecule has 1 unspecified atom stereocenters. The van der Waals surface area contributed by atoms with Crippen molar-refractivity contribution in [2.75, 3.05) is 6.54 Å². The van der Waals surface area contributed by atoms with Gasteiger partial charge >= 0.3 is 15.6 Å². The molecule has 21 heavy (non-hydrogen) atoms. The number of nitrogens with zero attached hydrogens (tertiary/aromatic N) is 1. The van der Waals surface area contributed by atoms with Crippen LogP contribution in [-0.4, -0.2) is 37.5 Å². The molecule has 0 fully saturated rings. The van der Waals surface area contributed by atoms with Crippen LogP contribution in [0.5, 0.6) is 0 Å². The van der Waals surface area contributed by atoms with Gasteiger partial charge in [0.05, 0.1) is 6.04 Å². The van der Waals surface area contributed by atoms with Crippen molar-refractivity contribution >= 4 is 16.2 Å². The largest absolute Gasteiger partial charge is 0.534 e. The first-order valence-electron chi connectivity index (χ1n) is 5.95. The van der Waals surface area contributed by atoms with Crippen molar-refractivity contribution in [2.24, 2.45) is 5.41 Å². The van der Waals surface area contributed by atoms with Crippen LogP contribution in [0.2, 0.25) is 0 Å². The average molecular weight is 330 g/mol. The molecule has 0 aromatic rings. The molecule has 1 aliphatic heterocycles. The van der Waals surface area contributed by atoms with Crippen LogP contribution < -0.4 is 5.11 Å². The van der Waals surface area contributed by atoms with Gasteiger partial charge in [-0.25, -0.2) is 0 Å². The highest BCUT2D eigenvalue weighted by atomic mass is 32.2. The first-order chi connectivity index (χ1) is 9.25. The Kier molecular flexibility index (Phi) is 4.52. The maximum absolute atomic E-state index is 12.3. The Morgan fingerprint density at radius 1 is 1.38 bits per heavy atom. The molecule has 0 bridgehead atoms. The van der Waals surface area contributed by atoms with Crippen LogP contribution in [0, 0.1) is 5.41 Å². The predicted octanol–water partition coefficient (Wildman–Crippen LogP) is 1.20. The van der Waals surface area contributed by atoms with Gasteiger partial charge in [0.25, 0.3) is 0 Å². The van der Waals surface area contributed by atoms with E-state index in [0.717, 1.165) is 11.0 Å². The predicted molar refractivity (Wildman–Crippen MR) is 64.1 cm³/mol. The number of alkyl halides is 3. The van der Waals surface area contributed by atoms with Crippen molar-refractivity contribution in [3.63, 3.8) is 0 Å². The number of amides is 1. The van der Waals surface area contributed by atoms with Gasteiger partial charge in [-0.05, 0) is 11.5 Å². The molecule has 1 heterocycles. The van der Waals surface area contributed by atoms with Crippen LogP contribution in [0.1, 0.15) is 27.2 Å². The summed E-state index contributed by atoms with van der Waals surface area (Å²) in [7, 11) is -5.75. The molecule has 0 aromatic carbocycles. The molecular formula is C11H15F3NO5S-. The van der Waals surface area contributed by atoms with Crippen LogP contribution >= 0.6 is 0 Å². The Labute approximate surface area is 120 Å². The maximum atomic E-state index is 12.3. The molecule has 1 atom stereocenters. The summed E-state index contributed by atoms with van der Waals surface area (Å²) < 4.78 is 62.8. The quantitative estimate of drug-likeness (QED) is 0.561. The zero-order valence-electron chi connectivity index (χ0n) is 11.6. The van der Waals surface area contributed by atoms with Crippen molar-refractivity contribution in [2.45, 2.75) is 38.7 Å². The third-order valence-corrected chi connectivity index (χ3v) is 3.90. The number of hydrogen-bond donors (Lipinski definition) is 0. The van der Waals surface area contributed by atoms with E-state index < -0.39 is 38.9 Å². The summed E-state index contributed by atoms with van der Waals surface area (Å²) in [6.07, 6.45) is -0.692. The van der Waals surface area contributed by atoms with Crippen molar-refractivity contribution in [3.05, 3.63) is 11.8 Å². The number of hydrogen-bond acceptors (Lipinski definition) is 5. The fraction of sp³-hybridized carbons (Fsp3) is 0.727. The van der Waals surface area contributed by atoms with Crippen LogP contribution in [0.25, 0.3) is 0 Å². The van der Waals surface area contributed by atoms with Gasteiger partial charge in [-0.2, -0.15) is 21.6 Å². The van der Waals surface area contributed by atoms with E-state index in [1.807, 2.05) is 0 Å². The average Bonchev–Trinajstić information content (AvgIpc) is 2.25. The minimum Gasteiger partial charge on any atom is -0.530 e.